The van der Waals surface area contributed by atoms with Crippen molar-refractivity contribution in [3.8, 4) is 17.2 Å². The van der Waals surface area contributed by atoms with Crippen molar-refractivity contribution >= 4 is 28.5 Å². The second-order valence-electron chi connectivity index (χ2n) is 10.7. The standard InChI is InChI=1S/C32H34N6O6/c1-5-13-44-30(39)20-10-12-26(33-18-20)32(40)15-21(16-32)28-36-29-23-7-6-8-24(42-3)27(23)35-31(38(29)37-28)34-17-19-9-11-22(41-2)14-25(19)43-4/h6-12,14,18,21,40H,5,13,15-17H2,1-4H3,(H,34,35)/t21-,32-. The minimum absolute atomic E-state index is 0.105. The number of fused-ring (bicyclic) bond motifs is 3. The lowest BCUT2D eigenvalue weighted by molar-refractivity contribution is -0.0605. The van der Waals surface area contributed by atoms with E-state index < -0.39 is 11.6 Å². The van der Waals surface area contributed by atoms with Gasteiger partial charge in [0.1, 0.15) is 28.4 Å². The Labute approximate surface area is 254 Å². The Balaban J connectivity index is 1.28. The Hall–Kier alpha value is -4.97. The highest BCUT2D eigenvalue weighted by atomic mass is 16.5. The van der Waals surface area contributed by atoms with E-state index in [1.165, 1.54) is 6.20 Å². The number of aliphatic hydroxyl groups is 1. The number of nitrogens with zero attached hydrogens (tertiary/aromatic N) is 5. The summed E-state index contributed by atoms with van der Waals surface area (Å²) in [4.78, 5) is 26.3. The monoisotopic (exact) mass is 598 g/mol. The Kier molecular flexibility index (Phi) is 7.92. The molecule has 228 valence electrons. The van der Waals surface area contributed by atoms with Crippen LogP contribution in [0.5, 0.6) is 17.2 Å². The molecule has 0 aliphatic heterocycles. The quantitative estimate of drug-likeness (QED) is 0.205. The van der Waals surface area contributed by atoms with E-state index in [-0.39, 0.29) is 5.92 Å². The first-order valence-electron chi connectivity index (χ1n) is 14.4. The molecular weight excluding hydrogens is 564 g/mol. The van der Waals surface area contributed by atoms with Gasteiger partial charge in [0.15, 0.2) is 11.5 Å². The summed E-state index contributed by atoms with van der Waals surface area (Å²) in [6.07, 6.45) is 2.96. The van der Waals surface area contributed by atoms with E-state index in [0.717, 1.165) is 17.4 Å². The van der Waals surface area contributed by atoms with Gasteiger partial charge in [0.2, 0.25) is 5.95 Å². The number of carbonyl (C=O) groups excluding carboxylic acids is 1. The van der Waals surface area contributed by atoms with Crippen LogP contribution in [0, 0.1) is 0 Å². The molecule has 44 heavy (non-hydrogen) atoms. The van der Waals surface area contributed by atoms with E-state index in [4.69, 9.17) is 34.0 Å². The first-order valence-corrected chi connectivity index (χ1v) is 14.4. The number of aromatic nitrogens is 5. The van der Waals surface area contributed by atoms with E-state index in [1.807, 2.05) is 43.3 Å². The zero-order valence-corrected chi connectivity index (χ0v) is 25.0. The van der Waals surface area contributed by atoms with Crippen LogP contribution in [0.1, 0.15) is 59.5 Å². The van der Waals surface area contributed by atoms with Crippen LogP contribution < -0.4 is 19.5 Å². The minimum Gasteiger partial charge on any atom is -0.497 e. The summed E-state index contributed by atoms with van der Waals surface area (Å²) < 4.78 is 23.4. The lowest BCUT2D eigenvalue weighted by Gasteiger charge is -2.41. The number of benzene rings is 2. The molecule has 0 spiro atoms. The highest BCUT2D eigenvalue weighted by Crippen LogP contribution is 2.49. The molecule has 2 N–H and O–H groups in total. The predicted molar refractivity (Wildman–Crippen MR) is 162 cm³/mol. The van der Waals surface area contributed by atoms with E-state index >= 15 is 0 Å². The van der Waals surface area contributed by atoms with Gasteiger partial charge in [-0.25, -0.2) is 14.8 Å². The summed E-state index contributed by atoms with van der Waals surface area (Å²) in [7, 11) is 4.83. The van der Waals surface area contributed by atoms with Gasteiger partial charge in [0.05, 0.1) is 39.2 Å². The van der Waals surface area contributed by atoms with Gasteiger partial charge >= 0.3 is 5.97 Å². The molecule has 1 fully saturated rings. The van der Waals surface area contributed by atoms with Gasteiger partial charge in [-0.05, 0) is 55.7 Å². The molecule has 12 heteroatoms. The van der Waals surface area contributed by atoms with E-state index in [0.29, 0.717) is 77.4 Å². The number of methoxy groups -OCH3 is 3. The summed E-state index contributed by atoms with van der Waals surface area (Å²) in [6.45, 7) is 2.69. The van der Waals surface area contributed by atoms with Gasteiger partial charge in [0.25, 0.3) is 0 Å². The smallest absolute Gasteiger partial charge is 0.339 e. The fourth-order valence-corrected chi connectivity index (χ4v) is 5.46. The second kappa shape index (κ2) is 12.0. The molecule has 0 saturated heterocycles. The van der Waals surface area contributed by atoms with Crippen molar-refractivity contribution in [2.75, 3.05) is 33.3 Å². The highest BCUT2D eigenvalue weighted by molar-refractivity contribution is 5.96. The Morgan fingerprint density at radius 1 is 1.05 bits per heavy atom. The third kappa shape index (κ3) is 5.32. The average molecular weight is 599 g/mol. The highest BCUT2D eigenvalue weighted by Gasteiger charge is 2.47. The van der Waals surface area contributed by atoms with Crippen LogP contribution in [0.25, 0.3) is 16.6 Å². The number of pyridine rings is 1. The summed E-state index contributed by atoms with van der Waals surface area (Å²) in [6, 6.07) is 14.6. The maximum atomic E-state index is 12.1. The lowest BCUT2D eigenvalue weighted by atomic mass is 9.68. The molecule has 12 nitrogen and oxygen atoms in total. The summed E-state index contributed by atoms with van der Waals surface area (Å²) in [5.74, 6) is 2.54. The molecule has 0 atom stereocenters. The fourth-order valence-electron chi connectivity index (χ4n) is 5.46. The van der Waals surface area contributed by atoms with Gasteiger partial charge in [-0.3, -0.25) is 4.98 Å². The Morgan fingerprint density at radius 2 is 1.86 bits per heavy atom. The minimum atomic E-state index is -1.15. The maximum Gasteiger partial charge on any atom is 0.339 e. The van der Waals surface area contributed by atoms with E-state index in [1.54, 1.807) is 38.0 Å². The SMILES string of the molecule is CCCOC(=O)c1ccc([C@]2(O)C[C@H](c3nc4c5cccc(OC)c5nc(NCc5ccc(OC)cc5OC)n4n3)C2)nc1. The molecule has 6 rings (SSSR count). The molecule has 2 aromatic carbocycles. The molecule has 0 radical (unpaired) electrons. The third-order valence-corrected chi connectivity index (χ3v) is 7.88. The largest absolute Gasteiger partial charge is 0.497 e. The topological polar surface area (TPSA) is 142 Å². The van der Waals surface area contributed by atoms with Gasteiger partial charge in [0, 0.05) is 35.7 Å². The normalized spacial score (nSPS) is 17.7. The number of para-hydroxylation sites is 1. The molecule has 0 bridgehead atoms. The zero-order chi connectivity index (χ0) is 30.8. The molecular formula is C32H34N6O6. The molecule has 5 aromatic rings. The van der Waals surface area contributed by atoms with Crippen LogP contribution in [0.3, 0.4) is 0 Å². The maximum absolute atomic E-state index is 12.1. The number of ether oxygens (including phenoxy) is 4. The van der Waals surface area contributed by atoms with Crippen LogP contribution in [0.4, 0.5) is 5.95 Å². The molecule has 1 aliphatic carbocycles. The number of anilines is 1. The van der Waals surface area contributed by atoms with Gasteiger partial charge in [-0.15, -0.1) is 5.10 Å². The summed E-state index contributed by atoms with van der Waals surface area (Å²) >= 11 is 0. The number of hydrogen-bond acceptors (Lipinski definition) is 11. The van der Waals surface area contributed by atoms with E-state index in [9.17, 15) is 9.90 Å². The molecule has 1 aliphatic rings. The van der Waals surface area contributed by atoms with Gasteiger partial charge < -0.3 is 29.4 Å². The van der Waals surface area contributed by atoms with Gasteiger partial charge in [-0.2, -0.15) is 4.52 Å². The molecule has 3 heterocycles. The Bertz CT molecular complexity index is 1820. The molecule has 0 unspecified atom stereocenters. The molecule has 1 saturated carbocycles. The first kappa shape index (κ1) is 29.1. The molecule has 0 amide bonds. The van der Waals surface area contributed by atoms with Gasteiger partial charge in [-0.1, -0.05) is 13.0 Å². The van der Waals surface area contributed by atoms with Crippen LogP contribution in [-0.4, -0.2) is 63.6 Å². The van der Waals surface area contributed by atoms with Crippen molar-refractivity contribution < 1.29 is 28.8 Å². The number of nitrogens with one attached hydrogen (secondary N) is 1. The van der Waals surface area contributed by atoms with Crippen LogP contribution in [0.2, 0.25) is 0 Å². The van der Waals surface area contributed by atoms with Crippen LogP contribution >= 0.6 is 0 Å². The van der Waals surface area contributed by atoms with Crippen LogP contribution in [0.15, 0.2) is 54.7 Å². The Morgan fingerprint density at radius 3 is 2.57 bits per heavy atom. The average Bonchev–Trinajstić information content (AvgIpc) is 3.50. The lowest BCUT2D eigenvalue weighted by Crippen LogP contribution is -2.41. The summed E-state index contributed by atoms with van der Waals surface area (Å²) in [5.41, 5.74) is 1.88. The number of hydrogen-bond donors (Lipinski definition) is 2. The van der Waals surface area contributed by atoms with Crippen molar-refractivity contribution in [1.29, 1.82) is 0 Å². The fraction of sp³-hybridized carbons (Fsp3) is 0.344. The van der Waals surface area contributed by atoms with Crippen LogP contribution in [-0.2, 0) is 16.9 Å². The predicted octanol–water partition coefficient (Wildman–Crippen LogP) is 4.64. The molecule has 3 aromatic heterocycles. The second-order valence-corrected chi connectivity index (χ2v) is 10.7. The van der Waals surface area contributed by atoms with E-state index in [2.05, 4.69) is 10.3 Å². The van der Waals surface area contributed by atoms with Crippen molar-refractivity contribution in [3.05, 3.63) is 77.4 Å². The van der Waals surface area contributed by atoms with Crippen molar-refractivity contribution in [1.82, 2.24) is 24.6 Å². The van der Waals surface area contributed by atoms with Crippen molar-refractivity contribution in [3.63, 3.8) is 0 Å². The zero-order valence-electron chi connectivity index (χ0n) is 25.0. The third-order valence-electron chi connectivity index (χ3n) is 7.88. The summed E-state index contributed by atoms with van der Waals surface area (Å²) in [5, 5.41) is 20.4. The van der Waals surface area contributed by atoms with Crippen molar-refractivity contribution in [2.45, 2.75) is 44.2 Å². The number of carbonyl (C=O) groups is 1. The number of rotatable bonds is 11. The number of esters is 1. The van der Waals surface area contributed by atoms with Crippen molar-refractivity contribution in [2.24, 2.45) is 0 Å². The first-order chi connectivity index (χ1) is 21.4.